The molecule has 0 radical (unpaired) electrons. The second kappa shape index (κ2) is 8.55. The molecule has 6 rings (SSSR count). The third kappa shape index (κ3) is 3.65. The van der Waals surface area contributed by atoms with Gasteiger partial charge in [0.2, 0.25) is 0 Å². The average molecular weight is 444 g/mol. The van der Waals surface area contributed by atoms with Crippen molar-refractivity contribution in [3.05, 3.63) is 121 Å². The van der Waals surface area contributed by atoms with Crippen LogP contribution in [0, 0.1) is 0 Å². The van der Waals surface area contributed by atoms with Gasteiger partial charge in [-0.2, -0.15) is 0 Å². The van der Waals surface area contributed by atoms with Crippen molar-refractivity contribution < 1.29 is 0 Å². The molecule has 1 aliphatic rings. The first-order valence-electron chi connectivity index (χ1n) is 10.9. The first kappa shape index (κ1) is 19.8. The summed E-state index contributed by atoms with van der Waals surface area (Å²) in [6.45, 7) is 0. The highest BCUT2D eigenvalue weighted by atomic mass is 15.1. The molecular formula is C27H21N7. The predicted octanol–water partition coefficient (Wildman–Crippen LogP) is 5.01. The summed E-state index contributed by atoms with van der Waals surface area (Å²) in [5, 5.41) is 3.32. The number of aromatic amines is 1. The van der Waals surface area contributed by atoms with Crippen molar-refractivity contribution in [1.82, 2.24) is 29.4 Å². The molecule has 2 aromatic carbocycles. The molecule has 3 aromatic heterocycles. The third-order valence-electron chi connectivity index (χ3n) is 5.68. The molecule has 164 valence electrons. The van der Waals surface area contributed by atoms with Crippen LogP contribution in [0.15, 0.2) is 103 Å². The summed E-state index contributed by atoms with van der Waals surface area (Å²) in [4.78, 5) is 17.0. The highest BCUT2D eigenvalue weighted by molar-refractivity contribution is 5.97. The monoisotopic (exact) mass is 443 g/mol. The van der Waals surface area contributed by atoms with E-state index in [9.17, 15) is 0 Å². The molecule has 4 heterocycles. The van der Waals surface area contributed by atoms with Crippen LogP contribution in [0.1, 0.15) is 22.8 Å². The Hall–Kier alpha value is -4.91. The molecule has 7 nitrogen and oxygen atoms in total. The quantitative estimate of drug-likeness (QED) is 0.410. The van der Waals surface area contributed by atoms with Gasteiger partial charge in [0.1, 0.15) is 11.6 Å². The van der Waals surface area contributed by atoms with Crippen LogP contribution in [0.5, 0.6) is 0 Å². The van der Waals surface area contributed by atoms with Crippen LogP contribution in [0.25, 0.3) is 34.9 Å². The lowest BCUT2D eigenvalue weighted by molar-refractivity contribution is 1.03. The van der Waals surface area contributed by atoms with Gasteiger partial charge in [-0.3, -0.25) is 0 Å². The fourth-order valence-electron chi connectivity index (χ4n) is 4.06. The summed E-state index contributed by atoms with van der Waals surface area (Å²) in [6.07, 6.45) is 17.2. The second-order valence-corrected chi connectivity index (χ2v) is 7.75. The molecule has 2 N–H and O–H groups in total. The standard InChI is InChI=1S/C27H21N7/c1-3-7-20(8-4-1)33-13-11-29-26(33)15-24-22-17-28-18-23(22)25(32-19-31-24)16-27-30-12-14-34(27)21-9-5-2-6-10-21/h1-19,28H,(H,31,32)/b24-15-,25-16-. The SMILES string of the molecule is C1=N/C(=C\c2nccn2-c2ccccc2)c2c[nH]cc2/C(=C/c2nccn2-c2ccccc2)N1. The molecule has 5 aromatic rings. The number of fused-ring (bicyclic) bond motifs is 1. The Morgan fingerprint density at radius 1 is 0.676 bits per heavy atom. The first-order valence-corrected chi connectivity index (χ1v) is 10.9. The fourth-order valence-corrected chi connectivity index (χ4v) is 4.06. The van der Waals surface area contributed by atoms with Gasteiger partial charge in [0.15, 0.2) is 0 Å². The minimum absolute atomic E-state index is 0.803. The van der Waals surface area contributed by atoms with Gasteiger partial charge in [0, 0.05) is 71.8 Å². The molecule has 0 bridgehead atoms. The average Bonchev–Trinajstić information content (AvgIpc) is 3.63. The van der Waals surface area contributed by atoms with Crippen molar-refractivity contribution in [2.45, 2.75) is 0 Å². The van der Waals surface area contributed by atoms with E-state index >= 15 is 0 Å². The van der Waals surface area contributed by atoms with Crippen molar-refractivity contribution >= 4 is 29.9 Å². The van der Waals surface area contributed by atoms with Crippen LogP contribution < -0.4 is 5.32 Å². The molecule has 34 heavy (non-hydrogen) atoms. The topological polar surface area (TPSA) is 75.8 Å². The number of para-hydroxylation sites is 2. The third-order valence-corrected chi connectivity index (χ3v) is 5.68. The Bertz CT molecular complexity index is 1520. The number of nitrogens with one attached hydrogen (secondary N) is 2. The molecule has 0 unspecified atom stereocenters. The fraction of sp³-hybridized carbons (Fsp3) is 0. The van der Waals surface area contributed by atoms with Gasteiger partial charge in [-0.15, -0.1) is 0 Å². The number of aromatic nitrogens is 5. The number of aliphatic imine (C=N–C) groups is 1. The number of hydrogen-bond acceptors (Lipinski definition) is 4. The first-order chi connectivity index (χ1) is 16.9. The van der Waals surface area contributed by atoms with E-state index in [-0.39, 0.29) is 0 Å². The summed E-state index contributed by atoms with van der Waals surface area (Å²) in [5.74, 6) is 1.62. The lowest BCUT2D eigenvalue weighted by Crippen LogP contribution is -2.08. The lowest BCUT2D eigenvalue weighted by atomic mass is 10.1. The largest absolute Gasteiger partial charge is 0.366 e. The minimum atomic E-state index is 0.803. The van der Waals surface area contributed by atoms with Crippen LogP contribution in [-0.4, -0.2) is 30.4 Å². The second-order valence-electron chi connectivity index (χ2n) is 7.75. The molecule has 0 saturated carbocycles. The summed E-state index contributed by atoms with van der Waals surface area (Å²) in [5.41, 5.74) is 5.79. The number of rotatable bonds is 4. The van der Waals surface area contributed by atoms with Crippen LogP contribution >= 0.6 is 0 Å². The van der Waals surface area contributed by atoms with Gasteiger partial charge >= 0.3 is 0 Å². The molecule has 7 heteroatoms. The van der Waals surface area contributed by atoms with Crippen molar-refractivity contribution in [3.63, 3.8) is 0 Å². The number of benzene rings is 2. The van der Waals surface area contributed by atoms with Gasteiger partial charge in [0.05, 0.1) is 17.7 Å². The Labute approximate surface area is 196 Å². The smallest absolute Gasteiger partial charge is 0.139 e. The Morgan fingerprint density at radius 2 is 1.26 bits per heavy atom. The minimum Gasteiger partial charge on any atom is -0.366 e. The van der Waals surface area contributed by atoms with Crippen molar-refractivity contribution in [1.29, 1.82) is 0 Å². The summed E-state index contributed by atoms with van der Waals surface area (Å²) < 4.78 is 4.09. The van der Waals surface area contributed by atoms with Gasteiger partial charge in [-0.25, -0.2) is 15.0 Å². The highest BCUT2D eigenvalue weighted by Gasteiger charge is 2.17. The molecular weight excluding hydrogens is 422 g/mol. The van der Waals surface area contributed by atoms with Gasteiger partial charge in [-0.05, 0) is 24.3 Å². The van der Waals surface area contributed by atoms with E-state index in [0.29, 0.717) is 0 Å². The molecule has 0 fully saturated rings. The summed E-state index contributed by atoms with van der Waals surface area (Å²) in [6, 6.07) is 20.3. The van der Waals surface area contributed by atoms with Gasteiger partial charge in [0.25, 0.3) is 0 Å². The summed E-state index contributed by atoms with van der Waals surface area (Å²) in [7, 11) is 0. The van der Waals surface area contributed by atoms with Gasteiger partial charge in [-0.1, -0.05) is 36.4 Å². The zero-order valence-electron chi connectivity index (χ0n) is 18.2. The number of H-pyrrole nitrogens is 1. The van der Waals surface area contributed by atoms with E-state index in [1.807, 2.05) is 77.9 Å². The Balaban J connectivity index is 1.40. The molecule has 0 atom stereocenters. The maximum absolute atomic E-state index is 4.69. The van der Waals surface area contributed by atoms with Crippen LogP contribution in [0.2, 0.25) is 0 Å². The van der Waals surface area contributed by atoms with Crippen molar-refractivity contribution in [2.24, 2.45) is 4.99 Å². The van der Waals surface area contributed by atoms with E-state index < -0.39 is 0 Å². The van der Waals surface area contributed by atoms with Crippen LogP contribution in [0.3, 0.4) is 0 Å². The van der Waals surface area contributed by atoms with E-state index in [1.165, 1.54) is 0 Å². The molecule has 0 aliphatic carbocycles. The number of nitrogens with zero attached hydrogens (tertiary/aromatic N) is 5. The van der Waals surface area contributed by atoms with E-state index in [4.69, 9.17) is 4.99 Å². The van der Waals surface area contributed by atoms with Crippen LogP contribution in [0.4, 0.5) is 0 Å². The van der Waals surface area contributed by atoms with Crippen molar-refractivity contribution in [2.75, 3.05) is 0 Å². The van der Waals surface area contributed by atoms with E-state index in [1.54, 1.807) is 18.7 Å². The zero-order valence-corrected chi connectivity index (χ0v) is 18.2. The zero-order chi connectivity index (χ0) is 22.7. The number of imidazole rings is 2. The maximum atomic E-state index is 4.69. The maximum Gasteiger partial charge on any atom is 0.139 e. The predicted molar refractivity (Wildman–Crippen MR) is 135 cm³/mol. The highest BCUT2D eigenvalue weighted by Crippen LogP contribution is 2.30. The molecule has 0 amide bonds. The number of hydrogen-bond donors (Lipinski definition) is 2. The molecule has 0 spiro atoms. The Kier molecular flexibility index (Phi) is 4.97. The van der Waals surface area contributed by atoms with E-state index in [2.05, 4.69) is 49.1 Å². The molecule has 1 aliphatic heterocycles. The lowest BCUT2D eigenvalue weighted by Gasteiger charge is -2.08. The molecule has 0 saturated heterocycles. The van der Waals surface area contributed by atoms with Gasteiger partial charge < -0.3 is 19.4 Å². The normalized spacial score (nSPS) is 15.3. The Morgan fingerprint density at radius 3 is 1.91 bits per heavy atom. The van der Waals surface area contributed by atoms with E-state index in [0.717, 1.165) is 45.5 Å². The summed E-state index contributed by atoms with van der Waals surface area (Å²) >= 11 is 0. The van der Waals surface area contributed by atoms with Crippen LogP contribution in [-0.2, 0) is 0 Å². The van der Waals surface area contributed by atoms with Crippen molar-refractivity contribution in [3.8, 4) is 11.4 Å².